The number of amides is 1. The number of aromatic nitrogens is 2. The molecule has 0 unspecified atom stereocenters. The number of nitrogens with zero attached hydrogens (tertiary/aromatic N) is 2. The van der Waals surface area contributed by atoms with E-state index in [9.17, 15) is 10.0 Å². The molecule has 1 amide bonds. The van der Waals surface area contributed by atoms with Crippen LogP contribution in [0.25, 0.3) is 33.3 Å². The van der Waals surface area contributed by atoms with Gasteiger partial charge in [-0.15, -0.1) is 0 Å². The second-order valence-electron chi connectivity index (χ2n) is 6.74. The fourth-order valence-electron chi connectivity index (χ4n) is 3.50. The van der Waals surface area contributed by atoms with Crippen LogP contribution in [-0.4, -0.2) is 34.8 Å². The zero-order valence-corrected chi connectivity index (χ0v) is 17.1. The van der Waals surface area contributed by atoms with Gasteiger partial charge in [0.2, 0.25) is 0 Å². The highest BCUT2D eigenvalue weighted by Gasteiger charge is 2.22. The first-order valence-corrected chi connectivity index (χ1v) is 9.76. The van der Waals surface area contributed by atoms with Gasteiger partial charge in [0.1, 0.15) is 11.4 Å². The quantitative estimate of drug-likeness (QED) is 0.356. The summed E-state index contributed by atoms with van der Waals surface area (Å²) in [4.78, 5) is 21.1. The molecule has 0 saturated heterocycles. The number of ether oxygens (including phenoxy) is 2. The van der Waals surface area contributed by atoms with E-state index >= 15 is 0 Å². The van der Waals surface area contributed by atoms with Gasteiger partial charge in [-0.25, -0.2) is 10.5 Å². The Morgan fingerprint density at radius 3 is 2.26 bits per heavy atom. The molecule has 0 atom stereocenters. The number of carbonyl (C=O) groups is 1. The van der Waals surface area contributed by atoms with Crippen LogP contribution >= 0.6 is 0 Å². The molecule has 2 heterocycles. The Hall–Kier alpha value is -3.97. The lowest BCUT2D eigenvalue weighted by atomic mass is 10.00. The van der Waals surface area contributed by atoms with Gasteiger partial charge in [-0.2, -0.15) is 0 Å². The van der Waals surface area contributed by atoms with Crippen molar-refractivity contribution in [2.45, 2.75) is 6.92 Å². The SMILES string of the molecule is CCOc1ccc(-c2ccc(-c3nc4ccncc4c(C(=O)NO)c3OC)cc2)cc1. The highest BCUT2D eigenvalue weighted by atomic mass is 16.5. The van der Waals surface area contributed by atoms with Gasteiger partial charge in [-0.05, 0) is 36.2 Å². The zero-order chi connectivity index (χ0) is 21.8. The lowest BCUT2D eigenvalue weighted by Gasteiger charge is -2.15. The lowest BCUT2D eigenvalue weighted by molar-refractivity contribution is 0.0705. The maximum atomic E-state index is 12.4. The van der Waals surface area contributed by atoms with E-state index in [1.54, 1.807) is 17.7 Å². The van der Waals surface area contributed by atoms with E-state index < -0.39 is 5.91 Å². The molecule has 2 N–H and O–H groups in total. The van der Waals surface area contributed by atoms with Crippen molar-refractivity contribution in [3.8, 4) is 33.9 Å². The van der Waals surface area contributed by atoms with Crippen LogP contribution in [0.1, 0.15) is 17.3 Å². The van der Waals surface area contributed by atoms with Crippen LogP contribution in [0.5, 0.6) is 11.5 Å². The topological polar surface area (TPSA) is 93.6 Å². The summed E-state index contributed by atoms with van der Waals surface area (Å²) in [6.45, 7) is 2.58. The molecule has 156 valence electrons. The molecule has 0 aliphatic rings. The van der Waals surface area contributed by atoms with Gasteiger partial charge in [0, 0.05) is 23.3 Å². The lowest BCUT2D eigenvalue weighted by Crippen LogP contribution is -2.20. The average Bonchev–Trinajstić information content (AvgIpc) is 2.83. The smallest absolute Gasteiger partial charge is 0.279 e. The Kier molecular flexibility index (Phi) is 5.77. The molecular weight excluding hydrogens is 394 g/mol. The van der Waals surface area contributed by atoms with Crippen molar-refractivity contribution in [3.63, 3.8) is 0 Å². The number of fused-ring (bicyclic) bond motifs is 1. The summed E-state index contributed by atoms with van der Waals surface area (Å²) < 4.78 is 11.0. The van der Waals surface area contributed by atoms with Gasteiger partial charge in [-0.1, -0.05) is 36.4 Å². The van der Waals surface area contributed by atoms with Crippen molar-refractivity contribution in [1.29, 1.82) is 0 Å². The van der Waals surface area contributed by atoms with E-state index in [1.165, 1.54) is 13.3 Å². The van der Waals surface area contributed by atoms with Gasteiger partial charge in [-0.3, -0.25) is 15.0 Å². The highest BCUT2D eigenvalue weighted by Crippen LogP contribution is 2.36. The molecule has 2 aromatic heterocycles. The van der Waals surface area contributed by atoms with Crippen molar-refractivity contribution < 1.29 is 19.5 Å². The summed E-state index contributed by atoms with van der Waals surface area (Å²) >= 11 is 0. The normalized spacial score (nSPS) is 10.7. The van der Waals surface area contributed by atoms with E-state index in [0.717, 1.165) is 22.4 Å². The van der Waals surface area contributed by atoms with Crippen LogP contribution in [-0.2, 0) is 0 Å². The zero-order valence-electron chi connectivity index (χ0n) is 17.1. The third-order valence-corrected chi connectivity index (χ3v) is 4.93. The number of nitrogens with one attached hydrogen (secondary N) is 1. The molecule has 0 bridgehead atoms. The summed E-state index contributed by atoms with van der Waals surface area (Å²) in [6, 6.07) is 17.4. The molecule has 0 aliphatic heterocycles. The third-order valence-electron chi connectivity index (χ3n) is 4.93. The Morgan fingerprint density at radius 1 is 1.00 bits per heavy atom. The molecule has 0 saturated carbocycles. The van der Waals surface area contributed by atoms with E-state index in [0.29, 0.717) is 23.2 Å². The van der Waals surface area contributed by atoms with E-state index in [1.807, 2.05) is 55.5 Å². The monoisotopic (exact) mass is 415 g/mol. The second kappa shape index (κ2) is 8.81. The van der Waals surface area contributed by atoms with Crippen LogP contribution in [0.2, 0.25) is 0 Å². The first-order valence-electron chi connectivity index (χ1n) is 9.76. The van der Waals surface area contributed by atoms with Crippen LogP contribution in [0.4, 0.5) is 0 Å². The van der Waals surface area contributed by atoms with Crippen LogP contribution in [0.3, 0.4) is 0 Å². The number of pyridine rings is 2. The number of hydroxylamine groups is 1. The fourth-order valence-corrected chi connectivity index (χ4v) is 3.50. The molecule has 4 rings (SSSR count). The van der Waals surface area contributed by atoms with Crippen molar-refractivity contribution in [3.05, 3.63) is 72.6 Å². The molecule has 7 heteroatoms. The number of methoxy groups -OCH3 is 1. The average molecular weight is 415 g/mol. The molecule has 31 heavy (non-hydrogen) atoms. The van der Waals surface area contributed by atoms with Gasteiger partial charge in [0.15, 0.2) is 5.75 Å². The maximum Gasteiger partial charge on any atom is 0.279 e. The van der Waals surface area contributed by atoms with Gasteiger partial charge >= 0.3 is 0 Å². The molecule has 4 aromatic rings. The van der Waals surface area contributed by atoms with Gasteiger partial charge in [0.05, 0.1) is 24.8 Å². The molecule has 0 spiro atoms. The Bertz CT molecular complexity index is 1220. The third kappa shape index (κ3) is 3.91. The summed E-state index contributed by atoms with van der Waals surface area (Å²) in [5.74, 6) is 0.405. The predicted octanol–water partition coefficient (Wildman–Crippen LogP) is 4.49. The van der Waals surface area contributed by atoms with E-state index in [-0.39, 0.29) is 11.3 Å². The minimum absolute atomic E-state index is 0.175. The Morgan fingerprint density at radius 2 is 1.65 bits per heavy atom. The van der Waals surface area contributed by atoms with E-state index in [4.69, 9.17) is 9.47 Å². The Balaban J connectivity index is 1.79. The minimum atomic E-state index is -0.690. The standard InChI is InChI=1S/C24H21N3O4/c1-3-31-18-10-8-16(9-11-18)15-4-6-17(7-5-15)22-23(30-2)21(24(28)27-29)19-14-25-13-12-20(19)26-22/h4-14,29H,3H2,1-2H3,(H,27,28). The molecule has 7 nitrogen and oxygen atoms in total. The maximum absolute atomic E-state index is 12.4. The van der Waals surface area contributed by atoms with Crippen LogP contribution < -0.4 is 15.0 Å². The predicted molar refractivity (Wildman–Crippen MR) is 117 cm³/mol. The number of hydrogen-bond acceptors (Lipinski definition) is 6. The van der Waals surface area contributed by atoms with Crippen LogP contribution in [0, 0.1) is 0 Å². The summed E-state index contributed by atoms with van der Waals surface area (Å²) in [5.41, 5.74) is 5.79. The summed E-state index contributed by atoms with van der Waals surface area (Å²) in [7, 11) is 1.46. The largest absolute Gasteiger partial charge is 0.494 e. The van der Waals surface area contributed by atoms with Gasteiger partial charge in [0.25, 0.3) is 5.91 Å². The number of benzene rings is 2. The van der Waals surface area contributed by atoms with Crippen molar-refractivity contribution in [2.24, 2.45) is 0 Å². The molecule has 2 aromatic carbocycles. The van der Waals surface area contributed by atoms with Crippen molar-refractivity contribution >= 4 is 16.8 Å². The van der Waals surface area contributed by atoms with Crippen LogP contribution in [0.15, 0.2) is 67.0 Å². The van der Waals surface area contributed by atoms with Crippen molar-refractivity contribution in [1.82, 2.24) is 15.4 Å². The van der Waals surface area contributed by atoms with E-state index in [2.05, 4.69) is 9.97 Å². The van der Waals surface area contributed by atoms with Crippen molar-refractivity contribution in [2.75, 3.05) is 13.7 Å². The second-order valence-corrected chi connectivity index (χ2v) is 6.74. The molecule has 0 fully saturated rings. The summed E-state index contributed by atoms with van der Waals surface area (Å²) in [6.07, 6.45) is 3.12. The highest BCUT2D eigenvalue weighted by molar-refractivity contribution is 6.09. The molecular formula is C24H21N3O4. The van der Waals surface area contributed by atoms with Gasteiger partial charge < -0.3 is 9.47 Å². The number of hydrogen-bond donors (Lipinski definition) is 2. The number of carbonyl (C=O) groups excluding carboxylic acids is 1. The fraction of sp³-hybridized carbons (Fsp3) is 0.125. The molecule has 0 aliphatic carbocycles. The summed E-state index contributed by atoms with van der Waals surface area (Å²) in [5, 5.41) is 9.73. The minimum Gasteiger partial charge on any atom is -0.494 e. The first-order chi connectivity index (χ1) is 15.2. The Labute approximate surface area is 179 Å². The number of rotatable bonds is 6. The first kappa shape index (κ1) is 20.3. The molecule has 0 radical (unpaired) electrons.